The van der Waals surface area contributed by atoms with Crippen LogP contribution < -0.4 is 10.8 Å². The van der Waals surface area contributed by atoms with E-state index in [4.69, 9.17) is 16.8 Å². The maximum Gasteiger partial charge on any atom is 0.303 e. The molecular formula is C20H28ClFN4O2. The smallest absolute Gasteiger partial charge is 0.303 e. The number of rotatable bonds is 6. The van der Waals surface area contributed by atoms with Gasteiger partial charge in [-0.25, -0.2) is 14.9 Å². The largest absolute Gasteiger partial charge is 0.365 e. The van der Waals surface area contributed by atoms with Crippen LogP contribution in [-0.2, 0) is 4.79 Å². The molecule has 1 aromatic heterocycles. The van der Waals surface area contributed by atoms with Crippen molar-refractivity contribution >= 4 is 29.4 Å². The number of nitrogens with one attached hydrogen (secondary N) is 2. The molecule has 8 heteroatoms. The predicted octanol–water partition coefficient (Wildman–Crippen LogP) is 4.01. The number of aromatic nitrogens is 1. The van der Waals surface area contributed by atoms with E-state index in [1.54, 1.807) is 6.07 Å². The number of hydroxylamine groups is 1. The van der Waals surface area contributed by atoms with Gasteiger partial charge in [0.15, 0.2) is 5.83 Å². The number of piperidine rings is 1. The van der Waals surface area contributed by atoms with Crippen LogP contribution in [0.3, 0.4) is 0 Å². The minimum atomic E-state index is -1.21. The van der Waals surface area contributed by atoms with Crippen LogP contribution in [0, 0.1) is 5.92 Å². The van der Waals surface area contributed by atoms with Gasteiger partial charge in [-0.05, 0) is 55.9 Å². The fourth-order valence-corrected chi connectivity index (χ4v) is 4.40. The first kappa shape index (κ1) is 21.0. The van der Waals surface area contributed by atoms with Crippen LogP contribution in [-0.4, -0.2) is 46.7 Å². The van der Waals surface area contributed by atoms with Crippen molar-refractivity contribution in [1.82, 2.24) is 15.4 Å². The molecule has 0 radical (unpaired) electrons. The zero-order valence-corrected chi connectivity index (χ0v) is 16.7. The Labute approximate surface area is 170 Å². The molecule has 0 unspecified atom stereocenters. The number of anilines is 1. The Hall–Kier alpha value is -1.70. The molecule has 3 N–H and O–H groups in total. The van der Waals surface area contributed by atoms with Crippen molar-refractivity contribution < 1.29 is 14.4 Å². The van der Waals surface area contributed by atoms with Crippen LogP contribution >= 0.6 is 11.6 Å². The van der Waals surface area contributed by atoms with E-state index in [1.165, 1.54) is 50.3 Å². The van der Waals surface area contributed by atoms with Crippen molar-refractivity contribution in [2.45, 2.75) is 51.0 Å². The minimum absolute atomic E-state index is 0.278. The van der Waals surface area contributed by atoms with E-state index < -0.39 is 11.7 Å². The molecule has 154 valence electrons. The number of nitrogens with zero attached hydrogens (tertiary/aromatic N) is 2. The van der Waals surface area contributed by atoms with Gasteiger partial charge in [-0.2, -0.15) is 0 Å². The Morgan fingerprint density at radius 3 is 2.82 bits per heavy atom. The first-order chi connectivity index (χ1) is 13.5. The molecule has 2 heterocycles. The molecule has 28 heavy (non-hydrogen) atoms. The highest BCUT2D eigenvalue weighted by atomic mass is 35.5. The molecule has 3 rings (SSSR count). The number of hydrogen-bond donors (Lipinski definition) is 3. The number of hydrogen-bond acceptors (Lipinski definition) is 5. The van der Waals surface area contributed by atoms with Gasteiger partial charge in [0.1, 0.15) is 5.82 Å². The summed E-state index contributed by atoms with van der Waals surface area (Å²) >= 11 is 6.30. The second-order valence-electron chi connectivity index (χ2n) is 7.78. The summed E-state index contributed by atoms with van der Waals surface area (Å²) in [5.41, 5.74) is 1.59. The molecular weight excluding hydrogens is 383 g/mol. The van der Waals surface area contributed by atoms with Crippen molar-refractivity contribution in [3.63, 3.8) is 0 Å². The van der Waals surface area contributed by atoms with Gasteiger partial charge in [0.05, 0.1) is 5.02 Å². The Bertz CT molecular complexity index is 709. The van der Waals surface area contributed by atoms with Gasteiger partial charge in [-0.1, -0.05) is 30.9 Å². The molecule has 1 saturated carbocycles. The summed E-state index contributed by atoms with van der Waals surface area (Å²) in [7, 11) is 0. The van der Waals surface area contributed by atoms with E-state index in [1.807, 2.05) is 0 Å². The van der Waals surface area contributed by atoms with Crippen LogP contribution in [0.1, 0.15) is 50.5 Å². The summed E-state index contributed by atoms with van der Waals surface area (Å²) in [6.45, 7) is 3.29. The van der Waals surface area contributed by atoms with E-state index in [2.05, 4.69) is 15.2 Å². The van der Waals surface area contributed by atoms with Crippen molar-refractivity contribution in [2.24, 2.45) is 5.92 Å². The molecule has 1 aliphatic carbocycles. The molecule has 2 fully saturated rings. The number of pyridine rings is 1. The summed E-state index contributed by atoms with van der Waals surface area (Å²) in [6, 6.07) is 1.82. The fraction of sp³-hybridized carbons (Fsp3) is 0.600. The molecule has 1 aliphatic heterocycles. The van der Waals surface area contributed by atoms with Crippen LogP contribution in [0.4, 0.5) is 10.2 Å². The van der Waals surface area contributed by atoms with Gasteiger partial charge >= 0.3 is 5.91 Å². The molecule has 1 aromatic rings. The van der Waals surface area contributed by atoms with Crippen molar-refractivity contribution in [3.8, 4) is 0 Å². The molecule has 0 spiro atoms. The summed E-state index contributed by atoms with van der Waals surface area (Å²) in [4.78, 5) is 17.9. The lowest BCUT2D eigenvalue weighted by Gasteiger charge is -2.36. The van der Waals surface area contributed by atoms with Gasteiger partial charge in [0.2, 0.25) is 0 Å². The highest BCUT2D eigenvalue weighted by Gasteiger charge is 2.24. The molecule has 1 amide bonds. The van der Waals surface area contributed by atoms with Gasteiger partial charge in [-0.3, -0.25) is 10.0 Å². The SMILES string of the molecule is O=C(NO)/C(F)=C\c1cnc(N[C@@H]2CCCN(CC3CCCCC3)C2)c(Cl)c1. The van der Waals surface area contributed by atoms with E-state index in [0.29, 0.717) is 16.4 Å². The zero-order chi connectivity index (χ0) is 19.9. The van der Waals surface area contributed by atoms with E-state index in [-0.39, 0.29) is 6.04 Å². The van der Waals surface area contributed by atoms with Crippen molar-refractivity contribution in [1.29, 1.82) is 0 Å². The zero-order valence-electron chi connectivity index (χ0n) is 16.0. The van der Waals surface area contributed by atoms with Gasteiger partial charge in [-0.15, -0.1) is 0 Å². The first-order valence-electron chi connectivity index (χ1n) is 10.0. The maximum absolute atomic E-state index is 13.5. The molecule has 1 saturated heterocycles. The lowest BCUT2D eigenvalue weighted by Crippen LogP contribution is -2.44. The van der Waals surface area contributed by atoms with E-state index in [9.17, 15) is 9.18 Å². The predicted molar refractivity (Wildman–Crippen MR) is 108 cm³/mol. The molecule has 0 bridgehead atoms. The normalized spacial score (nSPS) is 22.1. The Morgan fingerprint density at radius 1 is 1.32 bits per heavy atom. The van der Waals surface area contributed by atoms with Crippen LogP contribution in [0.5, 0.6) is 0 Å². The minimum Gasteiger partial charge on any atom is -0.365 e. The number of halogens is 2. The summed E-state index contributed by atoms with van der Waals surface area (Å²) in [5, 5.41) is 12.2. The third-order valence-corrected chi connectivity index (χ3v) is 5.85. The third kappa shape index (κ3) is 5.90. The molecule has 0 aromatic carbocycles. The summed E-state index contributed by atoms with van der Waals surface area (Å²) in [6.07, 6.45) is 11.4. The van der Waals surface area contributed by atoms with Gasteiger partial charge < -0.3 is 10.2 Å². The highest BCUT2D eigenvalue weighted by Crippen LogP contribution is 2.27. The first-order valence-corrected chi connectivity index (χ1v) is 10.4. The topological polar surface area (TPSA) is 77.5 Å². The van der Waals surface area contributed by atoms with E-state index >= 15 is 0 Å². The third-order valence-electron chi connectivity index (χ3n) is 5.56. The maximum atomic E-state index is 13.5. The number of carbonyl (C=O) groups is 1. The quantitative estimate of drug-likeness (QED) is 0.375. The Morgan fingerprint density at radius 2 is 2.11 bits per heavy atom. The lowest BCUT2D eigenvalue weighted by atomic mass is 9.88. The summed E-state index contributed by atoms with van der Waals surface area (Å²) in [5.74, 6) is -0.938. The Kier molecular flexibility index (Phi) is 7.65. The number of likely N-dealkylation sites (tertiary alicyclic amines) is 1. The lowest BCUT2D eigenvalue weighted by molar-refractivity contribution is -0.126. The van der Waals surface area contributed by atoms with Crippen molar-refractivity contribution in [2.75, 3.05) is 25.0 Å². The van der Waals surface area contributed by atoms with Gasteiger partial charge in [0.25, 0.3) is 0 Å². The van der Waals surface area contributed by atoms with Crippen LogP contribution in [0.25, 0.3) is 6.08 Å². The van der Waals surface area contributed by atoms with Crippen LogP contribution in [0.15, 0.2) is 18.1 Å². The second kappa shape index (κ2) is 10.2. The Balaban J connectivity index is 1.57. The molecule has 6 nitrogen and oxygen atoms in total. The van der Waals surface area contributed by atoms with Crippen LogP contribution in [0.2, 0.25) is 5.02 Å². The number of carbonyl (C=O) groups excluding carboxylic acids is 1. The standard InChI is InChI=1S/C20H28ClFN4O2/c21-17-9-15(10-18(22)20(27)25-28)11-23-19(17)24-16-7-4-8-26(13-16)12-14-5-2-1-3-6-14/h9-11,14,16,28H,1-8,12-13H2,(H,23,24)(H,25,27)/b18-10+/t16-/m1/s1. The van der Waals surface area contributed by atoms with Crippen molar-refractivity contribution in [3.05, 3.63) is 28.7 Å². The fourth-order valence-electron chi connectivity index (χ4n) is 4.17. The highest BCUT2D eigenvalue weighted by molar-refractivity contribution is 6.33. The monoisotopic (exact) mass is 410 g/mol. The molecule has 1 atom stereocenters. The van der Waals surface area contributed by atoms with E-state index in [0.717, 1.165) is 37.9 Å². The molecule has 2 aliphatic rings. The number of amides is 1. The van der Waals surface area contributed by atoms with Gasteiger partial charge in [0, 0.05) is 25.3 Å². The second-order valence-corrected chi connectivity index (χ2v) is 8.19. The average Bonchev–Trinajstić information content (AvgIpc) is 2.70. The summed E-state index contributed by atoms with van der Waals surface area (Å²) < 4.78 is 13.5. The average molecular weight is 411 g/mol.